The normalized spacial score (nSPS) is 20.7. The second-order valence-corrected chi connectivity index (χ2v) is 5.61. The number of carboxylic acids is 1. The van der Waals surface area contributed by atoms with E-state index in [9.17, 15) is 4.79 Å². The summed E-state index contributed by atoms with van der Waals surface area (Å²) in [5.41, 5.74) is 3.58. The van der Waals surface area contributed by atoms with Crippen molar-refractivity contribution in [2.75, 3.05) is 13.1 Å². The van der Waals surface area contributed by atoms with Crippen molar-refractivity contribution in [3.8, 4) is 0 Å². The van der Waals surface area contributed by atoms with Crippen molar-refractivity contribution in [2.24, 2.45) is 13.0 Å². The first-order chi connectivity index (χ1) is 8.97. The van der Waals surface area contributed by atoms with Crippen LogP contribution < -0.4 is 0 Å². The maximum atomic E-state index is 10.8. The molecule has 5 nitrogen and oxygen atoms in total. The second-order valence-electron chi connectivity index (χ2n) is 5.61. The number of nitrogens with zero attached hydrogens (tertiary/aromatic N) is 3. The Morgan fingerprint density at radius 3 is 2.79 bits per heavy atom. The fourth-order valence-corrected chi connectivity index (χ4v) is 2.98. The molecule has 2 heterocycles. The molecule has 1 saturated heterocycles. The molecule has 0 amide bonds. The number of piperidine rings is 1. The first-order valence-corrected chi connectivity index (χ1v) is 6.90. The Morgan fingerprint density at radius 2 is 2.21 bits per heavy atom. The van der Waals surface area contributed by atoms with E-state index in [-0.39, 0.29) is 0 Å². The Kier molecular flexibility index (Phi) is 4.24. The molecule has 0 aliphatic carbocycles. The summed E-state index contributed by atoms with van der Waals surface area (Å²) in [6, 6.07) is 0. The van der Waals surface area contributed by atoms with Crippen LogP contribution in [0.3, 0.4) is 0 Å². The van der Waals surface area contributed by atoms with Gasteiger partial charge in [0.2, 0.25) is 0 Å². The highest BCUT2D eigenvalue weighted by molar-refractivity contribution is 5.67. The predicted molar refractivity (Wildman–Crippen MR) is 72.9 cm³/mol. The number of likely N-dealkylation sites (tertiary alicyclic amines) is 1. The summed E-state index contributed by atoms with van der Waals surface area (Å²) in [5.74, 6) is -0.385. The molecule has 0 saturated carbocycles. The third-order valence-corrected chi connectivity index (χ3v) is 4.11. The maximum absolute atomic E-state index is 10.8. The molecule has 0 radical (unpaired) electrons. The summed E-state index contributed by atoms with van der Waals surface area (Å²) < 4.78 is 1.92. The zero-order valence-corrected chi connectivity index (χ0v) is 12.0. The molecule has 1 N–H and O–H groups in total. The van der Waals surface area contributed by atoms with E-state index in [1.54, 1.807) is 0 Å². The van der Waals surface area contributed by atoms with Crippen LogP contribution in [0.5, 0.6) is 0 Å². The van der Waals surface area contributed by atoms with Gasteiger partial charge in [0, 0.05) is 37.8 Å². The number of aryl methyl sites for hydroxylation is 2. The lowest BCUT2D eigenvalue weighted by Crippen LogP contribution is -2.36. The van der Waals surface area contributed by atoms with E-state index in [1.165, 1.54) is 11.3 Å². The van der Waals surface area contributed by atoms with E-state index in [0.29, 0.717) is 12.3 Å². The average Bonchev–Trinajstić information content (AvgIpc) is 2.56. The topological polar surface area (TPSA) is 58.4 Å². The number of aliphatic carboxylic acids is 1. The number of rotatable bonds is 4. The monoisotopic (exact) mass is 265 g/mol. The van der Waals surface area contributed by atoms with Crippen LogP contribution in [0.1, 0.15) is 36.2 Å². The summed E-state index contributed by atoms with van der Waals surface area (Å²) >= 11 is 0. The summed E-state index contributed by atoms with van der Waals surface area (Å²) in [6.07, 6.45) is 2.42. The van der Waals surface area contributed by atoms with Gasteiger partial charge < -0.3 is 5.11 Å². The van der Waals surface area contributed by atoms with Gasteiger partial charge in [0.05, 0.1) is 5.69 Å². The minimum atomic E-state index is -0.680. The van der Waals surface area contributed by atoms with Crippen LogP contribution in [0.4, 0.5) is 0 Å². The standard InChI is InChI=1S/C14H23N3O2/c1-10-13(11(2)16(3)15-10)9-17-6-4-5-12(8-17)7-14(18)19/h12H,4-9H2,1-3H3,(H,18,19). The molecule has 1 aromatic rings. The van der Waals surface area contributed by atoms with Crippen molar-refractivity contribution >= 4 is 5.97 Å². The third-order valence-electron chi connectivity index (χ3n) is 4.11. The Labute approximate surface area is 114 Å². The molecular weight excluding hydrogens is 242 g/mol. The number of carbonyl (C=O) groups is 1. The predicted octanol–water partition coefficient (Wildman–Crippen LogP) is 1.72. The summed E-state index contributed by atoms with van der Waals surface area (Å²) in [4.78, 5) is 13.2. The van der Waals surface area contributed by atoms with Crippen LogP contribution in [0.15, 0.2) is 0 Å². The molecule has 1 aliphatic rings. The first-order valence-electron chi connectivity index (χ1n) is 6.90. The second kappa shape index (κ2) is 5.74. The third kappa shape index (κ3) is 3.35. The van der Waals surface area contributed by atoms with Crippen LogP contribution >= 0.6 is 0 Å². The Bertz CT molecular complexity index is 468. The van der Waals surface area contributed by atoms with Gasteiger partial charge in [-0.3, -0.25) is 14.4 Å². The molecule has 0 aromatic carbocycles. The van der Waals surface area contributed by atoms with E-state index in [2.05, 4.69) is 16.9 Å². The fraction of sp³-hybridized carbons (Fsp3) is 0.714. The zero-order valence-electron chi connectivity index (χ0n) is 12.0. The molecule has 19 heavy (non-hydrogen) atoms. The van der Waals surface area contributed by atoms with Crippen molar-refractivity contribution < 1.29 is 9.90 Å². The van der Waals surface area contributed by atoms with E-state index in [4.69, 9.17) is 5.11 Å². The summed E-state index contributed by atoms with van der Waals surface area (Å²) in [5, 5.41) is 13.3. The van der Waals surface area contributed by atoms with Crippen LogP contribution in [0, 0.1) is 19.8 Å². The smallest absolute Gasteiger partial charge is 0.303 e. The Morgan fingerprint density at radius 1 is 1.47 bits per heavy atom. The average molecular weight is 265 g/mol. The van der Waals surface area contributed by atoms with Crippen molar-refractivity contribution in [1.29, 1.82) is 0 Å². The molecule has 1 aromatic heterocycles. The molecule has 1 atom stereocenters. The Hall–Kier alpha value is -1.36. The van der Waals surface area contributed by atoms with Crippen LogP contribution in [-0.2, 0) is 18.4 Å². The van der Waals surface area contributed by atoms with Crippen LogP contribution in [0.25, 0.3) is 0 Å². The van der Waals surface area contributed by atoms with Crippen LogP contribution in [0.2, 0.25) is 0 Å². The lowest BCUT2D eigenvalue weighted by atomic mass is 9.94. The molecule has 2 rings (SSSR count). The van der Waals surface area contributed by atoms with Crippen molar-refractivity contribution in [2.45, 2.75) is 39.7 Å². The number of hydrogen-bond donors (Lipinski definition) is 1. The van der Waals surface area contributed by atoms with Gasteiger partial charge in [-0.15, -0.1) is 0 Å². The SMILES string of the molecule is Cc1nn(C)c(C)c1CN1CCCC(CC(=O)O)C1. The first kappa shape index (κ1) is 14.1. The minimum absolute atomic E-state index is 0.293. The number of hydrogen-bond acceptors (Lipinski definition) is 3. The number of aromatic nitrogens is 2. The highest BCUT2D eigenvalue weighted by atomic mass is 16.4. The van der Waals surface area contributed by atoms with E-state index < -0.39 is 5.97 Å². The maximum Gasteiger partial charge on any atom is 0.303 e. The van der Waals surface area contributed by atoms with Gasteiger partial charge in [-0.25, -0.2) is 0 Å². The molecule has 0 bridgehead atoms. The van der Waals surface area contributed by atoms with Gasteiger partial charge in [0.1, 0.15) is 0 Å². The molecule has 1 unspecified atom stereocenters. The summed E-state index contributed by atoms with van der Waals surface area (Å²) in [6.45, 7) is 6.97. The van der Waals surface area contributed by atoms with Crippen molar-refractivity contribution in [1.82, 2.24) is 14.7 Å². The Balaban J connectivity index is 2.00. The van der Waals surface area contributed by atoms with Gasteiger partial charge in [0.25, 0.3) is 0 Å². The van der Waals surface area contributed by atoms with Gasteiger partial charge in [-0.05, 0) is 39.2 Å². The minimum Gasteiger partial charge on any atom is -0.481 e. The van der Waals surface area contributed by atoms with E-state index in [0.717, 1.165) is 38.2 Å². The molecule has 1 fully saturated rings. The molecule has 5 heteroatoms. The van der Waals surface area contributed by atoms with Gasteiger partial charge in [-0.2, -0.15) is 5.10 Å². The van der Waals surface area contributed by atoms with Crippen molar-refractivity contribution in [3.63, 3.8) is 0 Å². The molecule has 106 valence electrons. The quantitative estimate of drug-likeness (QED) is 0.900. The van der Waals surface area contributed by atoms with Crippen molar-refractivity contribution in [3.05, 3.63) is 17.0 Å². The highest BCUT2D eigenvalue weighted by Gasteiger charge is 2.23. The molecular formula is C14H23N3O2. The van der Waals surface area contributed by atoms with E-state index >= 15 is 0 Å². The fourth-order valence-electron chi connectivity index (χ4n) is 2.98. The molecule has 0 spiro atoms. The van der Waals surface area contributed by atoms with Gasteiger partial charge in [-0.1, -0.05) is 0 Å². The molecule has 1 aliphatic heterocycles. The zero-order chi connectivity index (χ0) is 14.0. The largest absolute Gasteiger partial charge is 0.481 e. The lowest BCUT2D eigenvalue weighted by molar-refractivity contribution is -0.138. The summed E-state index contributed by atoms with van der Waals surface area (Å²) in [7, 11) is 1.97. The van der Waals surface area contributed by atoms with Gasteiger partial charge >= 0.3 is 5.97 Å². The lowest BCUT2D eigenvalue weighted by Gasteiger charge is -2.32. The van der Waals surface area contributed by atoms with Crippen LogP contribution in [-0.4, -0.2) is 38.8 Å². The van der Waals surface area contributed by atoms with Gasteiger partial charge in [0.15, 0.2) is 0 Å². The number of carboxylic acid groups (broad SMARTS) is 1. The highest BCUT2D eigenvalue weighted by Crippen LogP contribution is 2.23. The van der Waals surface area contributed by atoms with E-state index in [1.807, 2.05) is 18.7 Å².